The zero-order chi connectivity index (χ0) is 18.6. The van der Waals surface area contributed by atoms with Crippen LogP contribution in [0.2, 0.25) is 0 Å². The number of hydrogen-bond acceptors (Lipinski definition) is 4. The van der Waals surface area contributed by atoms with Crippen molar-refractivity contribution in [3.63, 3.8) is 0 Å². The maximum atomic E-state index is 12.7. The normalized spacial score (nSPS) is 16.9. The number of benzene rings is 1. The molecule has 2 aliphatic rings. The highest BCUT2D eigenvalue weighted by Gasteiger charge is 2.23. The Morgan fingerprint density at radius 1 is 1.00 bits per heavy atom. The fraction of sp³-hybridized carbons (Fsp3) is 0.500. The standard InChI is InChI=1S/C22H28N4O/c1-17-19-11-15-25(21(27)10-9-18-7-3-2-4-8-18)16-12-20(19)24-22(23-17)26-13-5-6-14-26/h2-4,7-8H,5-6,9-16H2,1H3. The lowest BCUT2D eigenvalue weighted by atomic mass is 10.1. The van der Waals surface area contributed by atoms with Crippen molar-refractivity contribution in [3.8, 4) is 0 Å². The molecule has 1 saturated heterocycles. The molecule has 1 aromatic carbocycles. The van der Waals surface area contributed by atoms with E-state index in [1.54, 1.807) is 0 Å². The Kier molecular flexibility index (Phi) is 5.37. The molecule has 5 nitrogen and oxygen atoms in total. The summed E-state index contributed by atoms with van der Waals surface area (Å²) >= 11 is 0. The molecule has 5 heteroatoms. The van der Waals surface area contributed by atoms with Gasteiger partial charge in [0.05, 0.1) is 5.69 Å². The zero-order valence-corrected chi connectivity index (χ0v) is 16.2. The summed E-state index contributed by atoms with van der Waals surface area (Å²) < 4.78 is 0. The van der Waals surface area contributed by atoms with Crippen LogP contribution < -0.4 is 4.90 Å². The van der Waals surface area contributed by atoms with Crippen molar-refractivity contribution in [3.05, 3.63) is 52.8 Å². The van der Waals surface area contributed by atoms with Gasteiger partial charge in [0.1, 0.15) is 0 Å². The number of hydrogen-bond donors (Lipinski definition) is 0. The van der Waals surface area contributed by atoms with Gasteiger partial charge in [-0.1, -0.05) is 30.3 Å². The van der Waals surface area contributed by atoms with Crippen LogP contribution in [0.1, 0.15) is 41.8 Å². The number of aromatic nitrogens is 2. The minimum atomic E-state index is 0.247. The molecular weight excluding hydrogens is 336 g/mol. The molecule has 0 radical (unpaired) electrons. The average molecular weight is 364 g/mol. The monoisotopic (exact) mass is 364 g/mol. The summed E-state index contributed by atoms with van der Waals surface area (Å²) in [7, 11) is 0. The fourth-order valence-corrected chi connectivity index (χ4v) is 4.13. The van der Waals surface area contributed by atoms with E-state index < -0.39 is 0 Å². The Bertz CT molecular complexity index is 799. The number of carbonyl (C=O) groups excluding carboxylic acids is 1. The molecule has 142 valence electrons. The number of aryl methyl sites for hydroxylation is 2. The second-order valence-corrected chi connectivity index (χ2v) is 7.59. The summed E-state index contributed by atoms with van der Waals surface area (Å²) in [4.78, 5) is 26.7. The summed E-state index contributed by atoms with van der Waals surface area (Å²) in [6, 6.07) is 10.2. The molecule has 0 saturated carbocycles. The van der Waals surface area contributed by atoms with E-state index in [-0.39, 0.29) is 5.91 Å². The van der Waals surface area contributed by atoms with Crippen LogP contribution in [0.5, 0.6) is 0 Å². The zero-order valence-electron chi connectivity index (χ0n) is 16.2. The van der Waals surface area contributed by atoms with Gasteiger partial charge in [-0.2, -0.15) is 0 Å². The molecule has 0 atom stereocenters. The van der Waals surface area contributed by atoms with Gasteiger partial charge in [-0.15, -0.1) is 0 Å². The van der Waals surface area contributed by atoms with Crippen molar-refractivity contribution in [2.45, 2.75) is 45.4 Å². The molecule has 3 heterocycles. The third kappa shape index (κ3) is 4.12. The fourth-order valence-electron chi connectivity index (χ4n) is 4.13. The summed E-state index contributed by atoms with van der Waals surface area (Å²) in [6.07, 6.45) is 5.52. The summed E-state index contributed by atoms with van der Waals surface area (Å²) in [6.45, 7) is 5.74. The molecular formula is C22H28N4O. The van der Waals surface area contributed by atoms with E-state index >= 15 is 0 Å². The Balaban J connectivity index is 1.41. The molecule has 0 aliphatic carbocycles. The van der Waals surface area contributed by atoms with Crippen LogP contribution in [0.15, 0.2) is 30.3 Å². The van der Waals surface area contributed by atoms with Crippen LogP contribution in [-0.2, 0) is 24.1 Å². The molecule has 2 aliphatic heterocycles. The number of nitrogens with zero attached hydrogens (tertiary/aromatic N) is 4. The van der Waals surface area contributed by atoms with Gasteiger partial charge in [0.25, 0.3) is 0 Å². The lowest BCUT2D eigenvalue weighted by Crippen LogP contribution is -2.33. The quantitative estimate of drug-likeness (QED) is 0.837. The van der Waals surface area contributed by atoms with Crippen LogP contribution in [0.4, 0.5) is 5.95 Å². The van der Waals surface area contributed by atoms with Crippen molar-refractivity contribution >= 4 is 11.9 Å². The van der Waals surface area contributed by atoms with Gasteiger partial charge in [0, 0.05) is 44.7 Å². The lowest BCUT2D eigenvalue weighted by Gasteiger charge is -2.20. The van der Waals surface area contributed by atoms with Gasteiger partial charge in [-0.05, 0) is 43.7 Å². The van der Waals surface area contributed by atoms with Gasteiger partial charge in [0.2, 0.25) is 11.9 Å². The van der Waals surface area contributed by atoms with Crippen LogP contribution in [-0.4, -0.2) is 47.0 Å². The maximum absolute atomic E-state index is 12.7. The molecule has 0 N–H and O–H groups in total. The van der Waals surface area contributed by atoms with E-state index in [1.807, 2.05) is 23.1 Å². The average Bonchev–Trinajstić information content (AvgIpc) is 3.14. The summed E-state index contributed by atoms with van der Waals surface area (Å²) in [5, 5.41) is 0. The highest BCUT2D eigenvalue weighted by atomic mass is 16.2. The van der Waals surface area contributed by atoms with Gasteiger partial charge in [-0.3, -0.25) is 4.79 Å². The van der Waals surface area contributed by atoms with Crippen LogP contribution >= 0.6 is 0 Å². The van der Waals surface area contributed by atoms with E-state index in [0.29, 0.717) is 6.42 Å². The molecule has 4 rings (SSSR count). The van der Waals surface area contributed by atoms with Gasteiger partial charge < -0.3 is 9.80 Å². The van der Waals surface area contributed by atoms with Crippen molar-refractivity contribution in [1.82, 2.24) is 14.9 Å². The number of carbonyl (C=O) groups is 1. The first-order chi connectivity index (χ1) is 13.2. The first-order valence-electron chi connectivity index (χ1n) is 10.1. The van der Waals surface area contributed by atoms with Gasteiger partial charge in [-0.25, -0.2) is 9.97 Å². The largest absolute Gasteiger partial charge is 0.342 e. The van der Waals surface area contributed by atoms with E-state index in [2.05, 4.69) is 24.0 Å². The van der Waals surface area contributed by atoms with E-state index in [1.165, 1.54) is 24.0 Å². The molecule has 0 bridgehead atoms. The van der Waals surface area contributed by atoms with E-state index in [4.69, 9.17) is 9.97 Å². The molecule has 1 amide bonds. The summed E-state index contributed by atoms with van der Waals surface area (Å²) in [5.41, 5.74) is 4.69. The van der Waals surface area contributed by atoms with E-state index in [0.717, 1.165) is 62.8 Å². The summed E-state index contributed by atoms with van der Waals surface area (Å²) in [5.74, 6) is 1.13. The minimum Gasteiger partial charge on any atom is -0.342 e. The molecule has 27 heavy (non-hydrogen) atoms. The SMILES string of the molecule is Cc1nc(N2CCCC2)nc2c1CCN(C(=O)CCc1ccccc1)CC2. The van der Waals surface area contributed by atoms with Crippen molar-refractivity contribution in [2.24, 2.45) is 0 Å². The molecule has 2 aromatic rings. The van der Waals surface area contributed by atoms with Crippen molar-refractivity contribution in [2.75, 3.05) is 31.1 Å². The Hall–Kier alpha value is -2.43. The number of fused-ring (bicyclic) bond motifs is 1. The maximum Gasteiger partial charge on any atom is 0.225 e. The van der Waals surface area contributed by atoms with Crippen LogP contribution in [0.25, 0.3) is 0 Å². The number of amides is 1. The molecule has 0 spiro atoms. The lowest BCUT2D eigenvalue weighted by molar-refractivity contribution is -0.131. The molecule has 0 unspecified atom stereocenters. The Morgan fingerprint density at radius 2 is 1.74 bits per heavy atom. The van der Waals surface area contributed by atoms with Crippen molar-refractivity contribution in [1.29, 1.82) is 0 Å². The first kappa shape index (κ1) is 18.0. The molecule has 1 aromatic heterocycles. The Labute approximate surface area is 161 Å². The highest BCUT2D eigenvalue weighted by molar-refractivity contribution is 5.76. The smallest absolute Gasteiger partial charge is 0.225 e. The van der Waals surface area contributed by atoms with Crippen LogP contribution in [0, 0.1) is 6.92 Å². The number of anilines is 1. The predicted octanol–water partition coefficient (Wildman–Crippen LogP) is 2.95. The first-order valence-corrected chi connectivity index (χ1v) is 10.1. The van der Waals surface area contributed by atoms with Gasteiger partial charge in [0.15, 0.2) is 0 Å². The Morgan fingerprint density at radius 3 is 2.52 bits per heavy atom. The topological polar surface area (TPSA) is 49.3 Å². The molecule has 1 fully saturated rings. The third-order valence-electron chi connectivity index (χ3n) is 5.75. The third-order valence-corrected chi connectivity index (χ3v) is 5.75. The van der Waals surface area contributed by atoms with Crippen LogP contribution in [0.3, 0.4) is 0 Å². The minimum absolute atomic E-state index is 0.247. The number of rotatable bonds is 4. The van der Waals surface area contributed by atoms with E-state index in [9.17, 15) is 4.79 Å². The highest BCUT2D eigenvalue weighted by Crippen LogP contribution is 2.23. The second kappa shape index (κ2) is 8.07. The van der Waals surface area contributed by atoms with Crippen molar-refractivity contribution < 1.29 is 4.79 Å². The predicted molar refractivity (Wildman–Crippen MR) is 107 cm³/mol. The second-order valence-electron chi connectivity index (χ2n) is 7.59. The van der Waals surface area contributed by atoms with Gasteiger partial charge >= 0.3 is 0 Å².